The average Bonchev–Trinajstić information content (AvgIpc) is 2.84. The third-order valence-corrected chi connectivity index (χ3v) is 3.41. The molecule has 0 amide bonds. The number of benzene rings is 1. The van der Waals surface area contributed by atoms with E-state index >= 15 is 0 Å². The maximum absolute atomic E-state index is 13.7. The molecule has 1 atom stereocenters. The van der Waals surface area contributed by atoms with Gasteiger partial charge in [-0.3, -0.25) is 0 Å². The lowest BCUT2D eigenvalue weighted by molar-refractivity contribution is 0.210. The van der Waals surface area contributed by atoms with E-state index in [1.807, 2.05) is 24.4 Å². The quantitative estimate of drug-likeness (QED) is 0.786. The molecule has 0 aliphatic heterocycles. The van der Waals surface area contributed by atoms with Crippen molar-refractivity contribution in [3.05, 3.63) is 70.3 Å². The number of rotatable bonds is 2. The first-order valence-electron chi connectivity index (χ1n) is 5.72. The van der Waals surface area contributed by atoms with E-state index in [2.05, 4.69) is 20.9 Å². The number of imidazole rings is 1. The summed E-state index contributed by atoms with van der Waals surface area (Å²) < 4.78 is 16.2. The fourth-order valence-electron chi connectivity index (χ4n) is 1.97. The number of hydrogen-bond donors (Lipinski definition) is 1. The zero-order valence-electron chi connectivity index (χ0n) is 9.79. The fourth-order valence-corrected chi connectivity index (χ4v) is 2.35. The lowest BCUT2D eigenvalue weighted by Gasteiger charge is -2.09. The molecule has 0 fully saturated rings. The number of halogens is 2. The van der Waals surface area contributed by atoms with Gasteiger partial charge >= 0.3 is 0 Å². The Kier molecular flexibility index (Phi) is 3.08. The van der Waals surface area contributed by atoms with Crippen LogP contribution in [0.25, 0.3) is 5.65 Å². The highest BCUT2D eigenvalue weighted by molar-refractivity contribution is 9.10. The van der Waals surface area contributed by atoms with E-state index in [1.165, 1.54) is 6.07 Å². The molecular formula is C14H10BrFN2O. The molecule has 0 radical (unpaired) electrons. The average molecular weight is 321 g/mol. The molecule has 1 N–H and O–H groups in total. The van der Waals surface area contributed by atoms with E-state index in [0.717, 1.165) is 0 Å². The van der Waals surface area contributed by atoms with Gasteiger partial charge in [-0.25, -0.2) is 9.37 Å². The highest BCUT2D eigenvalue weighted by atomic mass is 79.9. The molecule has 2 heterocycles. The van der Waals surface area contributed by atoms with Gasteiger partial charge in [0.1, 0.15) is 17.6 Å². The van der Waals surface area contributed by atoms with E-state index in [4.69, 9.17) is 0 Å². The molecule has 3 aromatic rings. The molecule has 3 nitrogen and oxygen atoms in total. The van der Waals surface area contributed by atoms with Gasteiger partial charge < -0.3 is 9.51 Å². The normalized spacial score (nSPS) is 12.8. The predicted octanol–water partition coefficient (Wildman–Crippen LogP) is 3.32. The summed E-state index contributed by atoms with van der Waals surface area (Å²) in [7, 11) is 0. The van der Waals surface area contributed by atoms with Crippen LogP contribution in [0.2, 0.25) is 0 Å². The van der Waals surface area contributed by atoms with Crippen molar-refractivity contribution in [2.75, 3.05) is 0 Å². The summed E-state index contributed by atoms with van der Waals surface area (Å²) in [6, 6.07) is 10.0. The van der Waals surface area contributed by atoms with E-state index in [0.29, 0.717) is 15.8 Å². The van der Waals surface area contributed by atoms with Crippen LogP contribution in [0.1, 0.15) is 17.4 Å². The van der Waals surface area contributed by atoms with E-state index in [-0.39, 0.29) is 5.56 Å². The van der Waals surface area contributed by atoms with Crippen LogP contribution in [0.3, 0.4) is 0 Å². The fraction of sp³-hybridized carbons (Fsp3) is 0.0714. The molecule has 0 aliphatic rings. The second-order valence-electron chi connectivity index (χ2n) is 4.20. The van der Waals surface area contributed by atoms with Crippen LogP contribution in [0.4, 0.5) is 4.39 Å². The number of aliphatic hydroxyl groups is 1. The minimum Gasteiger partial charge on any atom is -0.382 e. The standard InChI is InChI=1S/C14H10BrFN2O/c15-9-4-5-11(16)10(7-9)14(19)12-8-18-6-2-1-3-13(18)17-12/h1-8,14,19H. The Morgan fingerprint density at radius 2 is 2.11 bits per heavy atom. The smallest absolute Gasteiger partial charge is 0.137 e. The summed E-state index contributed by atoms with van der Waals surface area (Å²) in [5, 5.41) is 10.3. The minimum absolute atomic E-state index is 0.206. The van der Waals surface area contributed by atoms with Crippen molar-refractivity contribution >= 4 is 21.6 Å². The monoisotopic (exact) mass is 320 g/mol. The number of aliphatic hydroxyl groups excluding tert-OH is 1. The van der Waals surface area contributed by atoms with Gasteiger partial charge in [0.15, 0.2) is 0 Å². The molecule has 0 aliphatic carbocycles. The molecule has 2 aromatic heterocycles. The van der Waals surface area contributed by atoms with Gasteiger partial charge in [0.05, 0.1) is 5.69 Å². The van der Waals surface area contributed by atoms with E-state index < -0.39 is 11.9 Å². The van der Waals surface area contributed by atoms with Gasteiger partial charge in [-0.2, -0.15) is 0 Å². The van der Waals surface area contributed by atoms with Crippen molar-refractivity contribution in [3.8, 4) is 0 Å². The van der Waals surface area contributed by atoms with Crippen molar-refractivity contribution in [2.24, 2.45) is 0 Å². The number of fused-ring (bicyclic) bond motifs is 1. The lowest BCUT2D eigenvalue weighted by Crippen LogP contribution is -2.03. The molecule has 0 bridgehead atoms. The first-order chi connectivity index (χ1) is 9.15. The topological polar surface area (TPSA) is 37.5 Å². The molecule has 96 valence electrons. The summed E-state index contributed by atoms with van der Waals surface area (Å²) in [6.45, 7) is 0. The van der Waals surface area contributed by atoms with Crippen LogP contribution in [0.15, 0.2) is 53.3 Å². The Bertz CT molecular complexity index is 708. The molecular weight excluding hydrogens is 311 g/mol. The van der Waals surface area contributed by atoms with Crippen LogP contribution in [-0.4, -0.2) is 14.5 Å². The van der Waals surface area contributed by atoms with Gasteiger partial charge in [0, 0.05) is 22.4 Å². The Morgan fingerprint density at radius 3 is 2.89 bits per heavy atom. The Hall–Kier alpha value is -1.72. The Morgan fingerprint density at radius 1 is 1.26 bits per heavy atom. The summed E-state index contributed by atoms with van der Waals surface area (Å²) in [6.07, 6.45) is 2.44. The number of nitrogens with zero attached hydrogens (tertiary/aromatic N) is 2. The van der Waals surface area contributed by atoms with Crippen LogP contribution < -0.4 is 0 Å². The number of aromatic nitrogens is 2. The molecule has 19 heavy (non-hydrogen) atoms. The van der Waals surface area contributed by atoms with Gasteiger partial charge in [-0.1, -0.05) is 22.0 Å². The number of pyridine rings is 1. The molecule has 5 heteroatoms. The molecule has 0 saturated carbocycles. The number of hydrogen-bond acceptors (Lipinski definition) is 2. The Labute approximate surface area is 117 Å². The maximum Gasteiger partial charge on any atom is 0.137 e. The molecule has 1 unspecified atom stereocenters. The summed E-state index contributed by atoms with van der Waals surface area (Å²) in [5.41, 5.74) is 1.34. The van der Waals surface area contributed by atoms with Crippen LogP contribution in [-0.2, 0) is 0 Å². The van der Waals surface area contributed by atoms with Crippen molar-refractivity contribution in [2.45, 2.75) is 6.10 Å². The highest BCUT2D eigenvalue weighted by Gasteiger charge is 2.18. The summed E-state index contributed by atoms with van der Waals surface area (Å²) >= 11 is 3.27. The molecule has 1 aromatic carbocycles. The van der Waals surface area contributed by atoms with Crippen molar-refractivity contribution in [1.29, 1.82) is 0 Å². The SMILES string of the molecule is OC(c1cn2ccccc2n1)c1cc(Br)ccc1F. The third kappa shape index (κ3) is 2.27. The largest absolute Gasteiger partial charge is 0.382 e. The predicted molar refractivity (Wildman–Crippen MR) is 73.4 cm³/mol. The zero-order valence-corrected chi connectivity index (χ0v) is 11.4. The minimum atomic E-state index is -1.09. The molecule has 0 spiro atoms. The van der Waals surface area contributed by atoms with Crippen LogP contribution in [0.5, 0.6) is 0 Å². The van der Waals surface area contributed by atoms with Crippen molar-refractivity contribution < 1.29 is 9.50 Å². The van der Waals surface area contributed by atoms with E-state index in [9.17, 15) is 9.50 Å². The third-order valence-electron chi connectivity index (χ3n) is 2.92. The molecule has 0 saturated heterocycles. The molecule has 3 rings (SSSR count). The van der Waals surface area contributed by atoms with Gasteiger partial charge in [0.2, 0.25) is 0 Å². The van der Waals surface area contributed by atoms with E-state index in [1.54, 1.807) is 22.7 Å². The summed E-state index contributed by atoms with van der Waals surface area (Å²) in [5.74, 6) is -0.451. The zero-order chi connectivity index (χ0) is 13.4. The first kappa shape index (κ1) is 12.3. The van der Waals surface area contributed by atoms with Gasteiger partial charge in [-0.05, 0) is 30.3 Å². The second-order valence-corrected chi connectivity index (χ2v) is 5.12. The maximum atomic E-state index is 13.7. The van der Waals surface area contributed by atoms with Gasteiger partial charge in [-0.15, -0.1) is 0 Å². The van der Waals surface area contributed by atoms with Crippen LogP contribution >= 0.6 is 15.9 Å². The van der Waals surface area contributed by atoms with Crippen molar-refractivity contribution in [1.82, 2.24) is 9.38 Å². The Balaban J connectivity index is 2.07. The highest BCUT2D eigenvalue weighted by Crippen LogP contribution is 2.26. The van der Waals surface area contributed by atoms with Gasteiger partial charge in [0.25, 0.3) is 0 Å². The van der Waals surface area contributed by atoms with Crippen LogP contribution in [0, 0.1) is 5.82 Å². The van der Waals surface area contributed by atoms with Crippen molar-refractivity contribution in [3.63, 3.8) is 0 Å². The summed E-state index contributed by atoms with van der Waals surface area (Å²) in [4.78, 5) is 4.29. The lowest BCUT2D eigenvalue weighted by atomic mass is 10.1. The first-order valence-corrected chi connectivity index (χ1v) is 6.51. The second kappa shape index (κ2) is 4.75.